The highest BCUT2D eigenvalue weighted by Gasteiger charge is 2.50. The summed E-state index contributed by atoms with van der Waals surface area (Å²) in [6.45, 7) is 4.06. The maximum atomic E-state index is 13.9. The minimum Gasteiger partial charge on any atom is -0.481 e. The molecule has 7 rings (SSSR count). The van der Waals surface area contributed by atoms with Crippen LogP contribution < -0.4 is 19.3 Å². The molecule has 1 spiro atoms. The van der Waals surface area contributed by atoms with Crippen molar-refractivity contribution in [1.82, 2.24) is 24.9 Å². The smallest absolute Gasteiger partial charge is 0.326 e. The monoisotopic (exact) mass is 667 g/mol. The van der Waals surface area contributed by atoms with Crippen molar-refractivity contribution in [2.75, 3.05) is 49.8 Å². The fraction of sp³-hybridized carbons (Fsp3) is 0.419. The number of hydrogen-bond acceptors (Lipinski definition) is 13. The average Bonchev–Trinajstić information content (AvgIpc) is 3.76. The lowest BCUT2D eigenvalue weighted by Gasteiger charge is -2.53. The molecule has 0 aromatic carbocycles. The fourth-order valence-electron chi connectivity index (χ4n) is 6.09. The summed E-state index contributed by atoms with van der Waals surface area (Å²) in [6, 6.07) is 7.86. The largest absolute Gasteiger partial charge is 0.481 e. The van der Waals surface area contributed by atoms with Gasteiger partial charge >= 0.3 is 5.97 Å². The summed E-state index contributed by atoms with van der Waals surface area (Å²) in [7, 11) is 1.55. The first-order chi connectivity index (χ1) is 22.7. The number of methoxy groups -OCH3 is 1. The number of aromatic nitrogens is 5. The molecule has 3 aliphatic rings. The van der Waals surface area contributed by atoms with Crippen molar-refractivity contribution >= 4 is 28.9 Å². The van der Waals surface area contributed by atoms with Gasteiger partial charge in [0.25, 0.3) is 6.43 Å². The number of carboxylic acids is 1. The number of ether oxygens (including phenoxy) is 4. The SMILES string of the molecule is COc1ccc(-c2cnc(O[C@H]3C[C@@H](C(=O)O)N(c4nc(-c5cccs5)nc(C(F)F)n4)C3)c(N3CCOC4(COC4)[C@@H]3C)c2)cn1. The Morgan fingerprint density at radius 2 is 1.96 bits per heavy atom. The molecule has 4 aromatic rings. The predicted octanol–water partition coefficient (Wildman–Crippen LogP) is 4.11. The van der Waals surface area contributed by atoms with Crippen molar-refractivity contribution in [3.63, 3.8) is 0 Å². The number of carbonyl (C=O) groups is 1. The molecular formula is C31H31F2N7O6S. The van der Waals surface area contributed by atoms with Crippen LogP contribution in [0.4, 0.5) is 20.4 Å². The summed E-state index contributed by atoms with van der Waals surface area (Å²) < 4.78 is 51.1. The van der Waals surface area contributed by atoms with Gasteiger partial charge in [-0.1, -0.05) is 6.07 Å². The van der Waals surface area contributed by atoms with E-state index >= 15 is 0 Å². The van der Waals surface area contributed by atoms with E-state index in [1.165, 1.54) is 16.2 Å². The van der Waals surface area contributed by atoms with Gasteiger partial charge in [0.2, 0.25) is 23.5 Å². The molecule has 3 fully saturated rings. The molecular weight excluding hydrogens is 636 g/mol. The first-order valence-electron chi connectivity index (χ1n) is 15.0. The zero-order valence-electron chi connectivity index (χ0n) is 25.5. The average molecular weight is 668 g/mol. The summed E-state index contributed by atoms with van der Waals surface area (Å²) in [4.78, 5) is 37.9. The molecule has 7 heterocycles. The van der Waals surface area contributed by atoms with E-state index in [2.05, 4.69) is 31.8 Å². The van der Waals surface area contributed by atoms with E-state index in [-0.39, 0.29) is 30.8 Å². The van der Waals surface area contributed by atoms with Gasteiger partial charge in [-0.3, -0.25) is 0 Å². The first-order valence-corrected chi connectivity index (χ1v) is 15.9. The van der Waals surface area contributed by atoms with Crippen LogP contribution in [0.15, 0.2) is 48.1 Å². The second kappa shape index (κ2) is 12.6. The van der Waals surface area contributed by atoms with Crippen LogP contribution >= 0.6 is 11.3 Å². The molecule has 3 aliphatic heterocycles. The molecule has 3 saturated heterocycles. The molecule has 16 heteroatoms. The number of carboxylic acid groups (broad SMARTS) is 1. The Labute approximate surface area is 272 Å². The number of nitrogens with zero attached hydrogens (tertiary/aromatic N) is 7. The standard InChI is InChI=1S/C31H31F2N7O6S/c1-17-31(15-44-16-31)45-8-7-39(17)21-10-19(18-5-6-24(43-2)34-12-18)13-35-28(21)46-20-11-22(29(41)42)40(14-20)30-37-26(23-4-3-9-47-23)36-27(38-30)25(32)33/h3-6,9-10,12-13,17,20,22,25H,7-8,11,14-16H2,1-2H3,(H,41,42)/t17-,20-,22-/m0/s1. The number of halogens is 2. The predicted molar refractivity (Wildman–Crippen MR) is 166 cm³/mol. The van der Waals surface area contributed by atoms with Gasteiger partial charge in [-0.15, -0.1) is 11.3 Å². The molecule has 0 radical (unpaired) electrons. The lowest BCUT2D eigenvalue weighted by atomic mass is 9.90. The molecule has 0 aliphatic carbocycles. The number of rotatable bonds is 9. The van der Waals surface area contributed by atoms with E-state index in [4.69, 9.17) is 23.9 Å². The van der Waals surface area contributed by atoms with Gasteiger partial charge in [0.1, 0.15) is 23.4 Å². The summed E-state index contributed by atoms with van der Waals surface area (Å²) in [5.74, 6) is -1.20. The molecule has 0 bridgehead atoms. The van der Waals surface area contributed by atoms with Gasteiger partial charge < -0.3 is 33.9 Å². The minimum atomic E-state index is -2.97. The Balaban J connectivity index is 1.22. The maximum Gasteiger partial charge on any atom is 0.326 e. The van der Waals surface area contributed by atoms with Crippen LogP contribution in [-0.2, 0) is 14.3 Å². The van der Waals surface area contributed by atoms with Crippen molar-refractivity contribution in [2.45, 2.75) is 43.6 Å². The normalized spacial score (nSPS) is 22.0. The molecule has 0 amide bonds. The van der Waals surface area contributed by atoms with Gasteiger partial charge in [-0.05, 0) is 30.5 Å². The molecule has 3 atom stereocenters. The van der Waals surface area contributed by atoms with Crippen molar-refractivity contribution in [1.29, 1.82) is 0 Å². The molecule has 0 unspecified atom stereocenters. The molecule has 13 nitrogen and oxygen atoms in total. The number of alkyl halides is 2. The summed E-state index contributed by atoms with van der Waals surface area (Å²) >= 11 is 1.28. The van der Waals surface area contributed by atoms with Gasteiger partial charge in [0.15, 0.2) is 5.82 Å². The Morgan fingerprint density at radius 1 is 1.13 bits per heavy atom. The van der Waals surface area contributed by atoms with Gasteiger partial charge in [0.05, 0.1) is 44.4 Å². The molecule has 4 aromatic heterocycles. The Morgan fingerprint density at radius 3 is 2.62 bits per heavy atom. The van der Waals surface area contributed by atoms with Crippen LogP contribution in [-0.4, -0.2) is 99.8 Å². The molecule has 246 valence electrons. The van der Waals surface area contributed by atoms with Crippen molar-refractivity contribution in [2.24, 2.45) is 0 Å². The van der Waals surface area contributed by atoms with Crippen LogP contribution in [0.2, 0.25) is 0 Å². The van der Waals surface area contributed by atoms with E-state index < -0.39 is 36.0 Å². The third kappa shape index (κ3) is 5.92. The highest BCUT2D eigenvalue weighted by molar-refractivity contribution is 7.13. The minimum absolute atomic E-state index is 0.0231. The summed E-state index contributed by atoms with van der Waals surface area (Å²) in [5.41, 5.74) is 1.85. The quantitative estimate of drug-likeness (QED) is 0.274. The van der Waals surface area contributed by atoms with E-state index in [1.807, 2.05) is 12.1 Å². The first kappa shape index (κ1) is 31.1. The fourth-order valence-corrected chi connectivity index (χ4v) is 6.75. The third-order valence-electron chi connectivity index (χ3n) is 8.72. The van der Waals surface area contributed by atoms with Crippen LogP contribution in [0.25, 0.3) is 21.8 Å². The molecule has 0 saturated carbocycles. The van der Waals surface area contributed by atoms with Gasteiger partial charge in [-0.25, -0.2) is 28.5 Å². The highest BCUT2D eigenvalue weighted by atomic mass is 32.1. The van der Waals surface area contributed by atoms with Crippen LogP contribution in [0.3, 0.4) is 0 Å². The second-order valence-electron chi connectivity index (χ2n) is 11.5. The van der Waals surface area contributed by atoms with E-state index in [0.717, 1.165) is 11.1 Å². The lowest BCUT2D eigenvalue weighted by Crippen LogP contribution is -2.68. The number of anilines is 2. The van der Waals surface area contributed by atoms with Gasteiger partial charge in [-0.2, -0.15) is 9.97 Å². The third-order valence-corrected chi connectivity index (χ3v) is 9.59. The topological polar surface area (TPSA) is 145 Å². The zero-order valence-corrected chi connectivity index (χ0v) is 26.3. The van der Waals surface area contributed by atoms with E-state index in [1.54, 1.807) is 43.1 Å². The van der Waals surface area contributed by atoms with Crippen LogP contribution in [0, 0.1) is 0 Å². The number of aliphatic carboxylic acids is 1. The number of thiophene rings is 1. The van der Waals surface area contributed by atoms with Crippen LogP contribution in [0.5, 0.6) is 11.8 Å². The van der Waals surface area contributed by atoms with E-state index in [9.17, 15) is 18.7 Å². The Hall–Kier alpha value is -4.54. The molecule has 1 N–H and O–H groups in total. The number of pyridine rings is 2. The van der Waals surface area contributed by atoms with Crippen molar-refractivity contribution in [3.8, 4) is 33.6 Å². The van der Waals surface area contributed by atoms with Gasteiger partial charge in [0, 0.05) is 42.6 Å². The van der Waals surface area contributed by atoms with E-state index in [0.29, 0.717) is 48.7 Å². The summed E-state index contributed by atoms with van der Waals surface area (Å²) in [5, 5.41) is 11.9. The zero-order chi connectivity index (χ0) is 32.7. The van der Waals surface area contributed by atoms with Crippen LogP contribution in [0.1, 0.15) is 25.6 Å². The molecule has 47 heavy (non-hydrogen) atoms. The Bertz CT molecular complexity index is 1740. The van der Waals surface area contributed by atoms with Crippen molar-refractivity contribution < 1.29 is 37.6 Å². The van der Waals surface area contributed by atoms with Crippen molar-refractivity contribution in [3.05, 3.63) is 53.9 Å². The second-order valence-corrected chi connectivity index (χ2v) is 12.4. The highest BCUT2D eigenvalue weighted by Crippen LogP contribution is 2.41. The lowest BCUT2D eigenvalue weighted by molar-refractivity contribution is -0.228. The number of hydrogen-bond donors (Lipinski definition) is 1. The maximum absolute atomic E-state index is 13.9. The Kier molecular flexibility index (Phi) is 8.32. The summed E-state index contributed by atoms with van der Waals surface area (Å²) in [6.07, 6.45) is -0.236. The number of morpholine rings is 1.